The van der Waals surface area contributed by atoms with Crippen LogP contribution in [0.5, 0.6) is 0 Å². The molecule has 1 fully saturated rings. The molecule has 0 spiro atoms. The molecule has 0 radical (unpaired) electrons. The van der Waals surface area contributed by atoms with Gasteiger partial charge in [-0.2, -0.15) is 0 Å². The molecule has 1 amide bonds. The lowest BCUT2D eigenvalue weighted by molar-refractivity contribution is -0.156. The molecule has 2 rings (SSSR count). The van der Waals surface area contributed by atoms with Crippen LogP contribution in [0.15, 0.2) is 66.3 Å². The summed E-state index contributed by atoms with van der Waals surface area (Å²) >= 11 is 0. The van der Waals surface area contributed by atoms with Gasteiger partial charge in [-0.05, 0) is 70.6 Å². The zero-order valence-corrected chi connectivity index (χ0v) is 30.2. The lowest BCUT2D eigenvalue weighted by Gasteiger charge is -2.31. The van der Waals surface area contributed by atoms with E-state index in [1.807, 2.05) is 39.0 Å². The van der Waals surface area contributed by atoms with Gasteiger partial charge >= 0.3 is 11.9 Å². The van der Waals surface area contributed by atoms with Gasteiger partial charge in [-0.3, -0.25) is 9.59 Å². The number of carbonyl (C=O) groups excluding carboxylic acids is 3. The predicted molar refractivity (Wildman–Crippen MR) is 188 cm³/mol. The Hall–Kier alpha value is -3.35. The lowest BCUT2D eigenvalue weighted by Crippen LogP contribution is -2.54. The standard InChI is InChI=1S/C38H57NO10/c1-9-30(47-8)26(4)33-34(49-33)35(39-36(44)28-15-11-10-12-16-28)38(7,46)20-13-14-24(2)22-25(3)17-18-31(48-27(5)40)37(6,45)21-19-29(41)23-32(42)43/h10-18,20,25-26,29-31,33-35,41,45-46H,9,19,21-23H2,1-8H3,(H,39,44)(H,42,43)/p+1/b18-17+,20-13+,24-14+/t25-,26+,29+,30-,31-,33+,34-,35?,37+,38?/m0/s1. The molecule has 2 unspecified atom stereocenters. The number of amides is 1. The second-order valence-corrected chi connectivity index (χ2v) is 13.8. The highest BCUT2D eigenvalue weighted by atomic mass is 16.6. The number of hydrogen-bond donors (Lipinski definition) is 4. The molecule has 6 N–H and O–H groups in total. The molecule has 0 aromatic heterocycles. The number of esters is 1. The van der Waals surface area contributed by atoms with Gasteiger partial charge in [0, 0.05) is 30.3 Å². The molecule has 0 aliphatic carbocycles. The van der Waals surface area contributed by atoms with Crippen LogP contribution < -0.4 is 5.32 Å². The Morgan fingerprint density at radius 1 is 1.06 bits per heavy atom. The first kappa shape index (κ1) is 41.8. The van der Waals surface area contributed by atoms with Crippen LogP contribution in [0.3, 0.4) is 0 Å². The normalized spacial score (nSPS) is 22.7. The topological polar surface area (TPSA) is 178 Å². The van der Waals surface area contributed by atoms with Crippen LogP contribution in [0, 0.1) is 11.8 Å². The average Bonchev–Trinajstić information content (AvgIpc) is 3.81. The molecular weight excluding hydrogens is 630 g/mol. The summed E-state index contributed by atoms with van der Waals surface area (Å²) in [5, 5.41) is 42.7. The maximum atomic E-state index is 13.2. The van der Waals surface area contributed by atoms with Crippen LogP contribution in [-0.4, -0.2) is 93.1 Å². The molecule has 0 saturated carbocycles. The Bertz CT molecular complexity index is 1300. The summed E-state index contributed by atoms with van der Waals surface area (Å²) in [5.74, 6) is -1.73. The Labute approximate surface area is 291 Å². The molecule has 10 atom stereocenters. The summed E-state index contributed by atoms with van der Waals surface area (Å²) in [7, 11) is 1.67. The highest BCUT2D eigenvalue weighted by Gasteiger charge is 2.54. The van der Waals surface area contributed by atoms with E-state index in [0.29, 0.717) is 12.0 Å². The molecule has 1 saturated heterocycles. The lowest BCUT2D eigenvalue weighted by atomic mass is 9.87. The fourth-order valence-corrected chi connectivity index (χ4v) is 6.08. The number of allylic oxidation sites excluding steroid dienone is 4. The van der Waals surface area contributed by atoms with Gasteiger partial charge < -0.3 is 40.0 Å². The Morgan fingerprint density at radius 2 is 1.71 bits per heavy atom. The Kier molecular flexibility index (Phi) is 16.3. The van der Waals surface area contributed by atoms with E-state index in [4.69, 9.17) is 19.3 Å². The number of nitrogens with one attached hydrogen (secondary N) is 1. The van der Waals surface area contributed by atoms with Crippen LogP contribution in [0.25, 0.3) is 0 Å². The average molecular weight is 689 g/mol. The van der Waals surface area contributed by atoms with Gasteiger partial charge in [0.15, 0.2) is 0 Å². The van der Waals surface area contributed by atoms with Crippen molar-refractivity contribution < 1.29 is 49.0 Å². The van der Waals surface area contributed by atoms with Crippen LogP contribution in [-0.2, 0) is 23.8 Å². The molecule has 1 aromatic carbocycles. The number of hydrogen-bond acceptors (Lipinski definition) is 9. The van der Waals surface area contributed by atoms with Crippen molar-refractivity contribution >= 4 is 17.8 Å². The summed E-state index contributed by atoms with van der Waals surface area (Å²) in [5.41, 5.74) is -1.49. The molecule has 49 heavy (non-hydrogen) atoms. The smallest absolute Gasteiger partial charge is 0.518 e. The maximum absolute atomic E-state index is 13.2. The molecule has 274 valence electrons. The van der Waals surface area contributed by atoms with Gasteiger partial charge in [-0.15, -0.1) is 0 Å². The van der Waals surface area contributed by atoms with Crippen molar-refractivity contribution in [3.63, 3.8) is 0 Å². The largest absolute Gasteiger partial charge is 0.565 e. The Morgan fingerprint density at radius 3 is 2.29 bits per heavy atom. The number of epoxide rings is 1. The predicted octanol–water partition coefficient (Wildman–Crippen LogP) is 3.91. The van der Waals surface area contributed by atoms with Crippen LogP contribution in [0.1, 0.15) is 90.9 Å². The number of rotatable bonds is 21. The third kappa shape index (κ3) is 13.8. The molecule has 1 aliphatic rings. The highest BCUT2D eigenvalue weighted by molar-refractivity contribution is 5.94. The number of benzene rings is 1. The minimum absolute atomic E-state index is 0.0159. The summed E-state index contributed by atoms with van der Waals surface area (Å²) in [6.07, 6.45) is 7.31. The first-order chi connectivity index (χ1) is 22.9. The molecule has 11 heteroatoms. The zero-order valence-electron chi connectivity index (χ0n) is 30.2. The van der Waals surface area contributed by atoms with Gasteiger partial charge in [-0.1, -0.05) is 68.8 Å². The summed E-state index contributed by atoms with van der Waals surface area (Å²) in [4.78, 5) is 35.9. The van der Waals surface area contributed by atoms with Crippen molar-refractivity contribution in [2.45, 2.75) is 128 Å². The summed E-state index contributed by atoms with van der Waals surface area (Å²) in [6.45, 7) is 12.4. The van der Waals surface area contributed by atoms with Crippen molar-refractivity contribution in [1.82, 2.24) is 5.32 Å². The van der Waals surface area contributed by atoms with E-state index < -0.39 is 47.5 Å². The monoisotopic (exact) mass is 688 g/mol. The fourth-order valence-electron chi connectivity index (χ4n) is 6.08. The van der Waals surface area contributed by atoms with E-state index in [2.05, 4.69) is 12.2 Å². The number of ether oxygens (including phenoxy) is 3. The minimum Gasteiger partial charge on any atom is -0.565 e. The fraction of sp³-hybridized carbons (Fsp3) is 0.605. The molecule has 1 aliphatic heterocycles. The van der Waals surface area contributed by atoms with E-state index in [0.717, 1.165) is 12.0 Å². The number of aliphatic hydroxyl groups is 3. The number of aliphatic hydroxyl groups excluding tert-OH is 1. The summed E-state index contributed by atoms with van der Waals surface area (Å²) in [6, 6.07) is 8.11. The Balaban J connectivity index is 2.15. The molecule has 1 heterocycles. The van der Waals surface area contributed by atoms with Gasteiger partial charge in [0.05, 0.1) is 24.4 Å². The van der Waals surface area contributed by atoms with E-state index in [9.17, 15) is 29.7 Å². The molecule has 11 nitrogen and oxygen atoms in total. The van der Waals surface area contributed by atoms with Crippen molar-refractivity contribution in [3.05, 3.63) is 71.8 Å². The quantitative estimate of drug-likeness (QED) is 0.0490. The van der Waals surface area contributed by atoms with Crippen molar-refractivity contribution in [1.29, 1.82) is 0 Å². The zero-order chi connectivity index (χ0) is 36.9. The maximum Gasteiger partial charge on any atom is 0.518 e. The van der Waals surface area contributed by atoms with E-state index in [1.54, 1.807) is 56.5 Å². The highest BCUT2D eigenvalue weighted by Crippen LogP contribution is 2.39. The third-order valence-corrected chi connectivity index (χ3v) is 9.04. The van der Waals surface area contributed by atoms with Crippen molar-refractivity contribution in [2.24, 2.45) is 11.8 Å². The first-order valence-electron chi connectivity index (χ1n) is 17.0. The second-order valence-electron chi connectivity index (χ2n) is 13.8. The van der Waals surface area contributed by atoms with Crippen LogP contribution in [0.4, 0.5) is 0 Å². The third-order valence-electron chi connectivity index (χ3n) is 9.04. The van der Waals surface area contributed by atoms with Gasteiger partial charge in [-0.25, -0.2) is 0 Å². The van der Waals surface area contributed by atoms with E-state index in [-0.39, 0.29) is 49.2 Å². The van der Waals surface area contributed by atoms with E-state index >= 15 is 0 Å². The molecular formula is C38H58NO10+. The molecule has 0 bridgehead atoms. The number of carbonyl (C=O) groups is 3. The van der Waals surface area contributed by atoms with Crippen molar-refractivity contribution in [2.75, 3.05) is 7.11 Å². The van der Waals surface area contributed by atoms with Crippen LogP contribution in [0.2, 0.25) is 0 Å². The van der Waals surface area contributed by atoms with Crippen molar-refractivity contribution in [3.8, 4) is 0 Å². The summed E-state index contributed by atoms with van der Waals surface area (Å²) < 4.78 is 17.1. The first-order valence-corrected chi connectivity index (χ1v) is 17.0. The van der Waals surface area contributed by atoms with Crippen LogP contribution >= 0.6 is 0 Å². The van der Waals surface area contributed by atoms with Gasteiger partial charge in [0.1, 0.15) is 29.8 Å². The molecule has 1 aromatic rings. The van der Waals surface area contributed by atoms with Gasteiger partial charge in [0.2, 0.25) is 0 Å². The SMILES string of the molecule is CC[C@H](OC)[C@@H](C)[C@H]1O[C@@H]1C(NC(=O)c1ccccc1)C(C)(O)/C=C/C=C(\C)C[C@@H](C)/C=C/[C@H](OC(C)=O)[C@](C)(O)CC[C@@H](O)CC(=O)[OH2+]. The minimum atomic E-state index is -1.51. The number of methoxy groups -OCH3 is 1. The second kappa shape index (κ2) is 19.2. The van der Waals surface area contributed by atoms with E-state index in [1.165, 1.54) is 13.8 Å². The van der Waals surface area contributed by atoms with Gasteiger partial charge in [0.25, 0.3) is 5.91 Å².